The predicted octanol–water partition coefficient (Wildman–Crippen LogP) is 4.46. The summed E-state index contributed by atoms with van der Waals surface area (Å²) in [4.78, 5) is 18.7. The number of fused-ring (bicyclic) bond motifs is 1. The molecule has 1 atom stereocenters. The van der Waals surface area contributed by atoms with Gasteiger partial charge in [0.2, 0.25) is 5.91 Å². The number of unbranched alkanes of at least 4 members (excludes halogenated alkanes) is 1. The topological polar surface area (TPSA) is 47.4 Å². The van der Waals surface area contributed by atoms with Crippen LogP contribution in [-0.4, -0.2) is 40.6 Å². The standard InChI is InChI=1S/C24H29N3O2/c1-17-12-18(2)14-20(13-17)29-11-7-6-10-27-22-9-5-4-8-21(22)25-24(27)19-15-23(28)26(3)16-19/h4-5,8-9,12-14,19H,6-7,10-11,15-16H2,1-3H3. The lowest BCUT2D eigenvalue weighted by molar-refractivity contribution is -0.126. The third-order valence-corrected chi connectivity index (χ3v) is 5.63. The van der Waals surface area contributed by atoms with Gasteiger partial charge in [-0.05, 0) is 62.1 Å². The molecule has 1 aliphatic rings. The molecule has 4 rings (SSSR count). The smallest absolute Gasteiger partial charge is 0.223 e. The van der Waals surface area contributed by atoms with E-state index in [4.69, 9.17) is 9.72 Å². The lowest BCUT2D eigenvalue weighted by Crippen LogP contribution is -2.19. The molecular formula is C24H29N3O2. The zero-order valence-electron chi connectivity index (χ0n) is 17.5. The number of para-hydroxylation sites is 2. The van der Waals surface area contributed by atoms with E-state index in [1.165, 1.54) is 11.1 Å². The van der Waals surface area contributed by atoms with Crippen LogP contribution in [-0.2, 0) is 11.3 Å². The number of aryl methyl sites for hydroxylation is 3. The van der Waals surface area contributed by atoms with Crippen LogP contribution < -0.4 is 4.74 Å². The Bertz CT molecular complexity index is 1000. The molecule has 2 heterocycles. The first-order valence-electron chi connectivity index (χ1n) is 10.4. The molecule has 0 radical (unpaired) electrons. The molecule has 0 saturated carbocycles. The number of rotatable bonds is 7. The SMILES string of the molecule is Cc1cc(C)cc(OCCCCn2c(C3CC(=O)N(C)C3)nc3ccccc32)c1. The third kappa shape index (κ3) is 4.29. The molecule has 5 heteroatoms. The fourth-order valence-corrected chi connectivity index (χ4v) is 4.26. The Morgan fingerprint density at radius 2 is 1.86 bits per heavy atom. The Balaban J connectivity index is 1.42. The summed E-state index contributed by atoms with van der Waals surface area (Å²) in [6, 6.07) is 14.6. The van der Waals surface area contributed by atoms with Crippen LogP contribution in [0.1, 0.15) is 42.1 Å². The summed E-state index contributed by atoms with van der Waals surface area (Å²) in [5.41, 5.74) is 4.62. The average molecular weight is 392 g/mol. The summed E-state index contributed by atoms with van der Waals surface area (Å²) in [7, 11) is 1.87. The number of carbonyl (C=O) groups excluding carboxylic acids is 1. The van der Waals surface area contributed by atoms with Crippen molar-refractivity contribution in [3.05, 3.63) is 59.4 Å². The molecule has 1 aromatic heterocycles. The van der Waals surface area contributed by atoms with Gasteiger partial charge in [-0.3, -0.25) is 4.79 Å². The van der Waals surface area contributed by atoms with Crippen molar-refractivity contribution in [2.24, 2.45) is 0 Å². The minimum Gasteiger partial charge on any atom is -0.494 e. The van der Waals surface area contributed by atoms with E-state index < -0.39 is 0 Å². The van der Waals surface area contributed by atoms with Gasteiger partial charge in [-0.25, -0.2) is 4.98 Å². The van der Waals surface area contributed by atoms with Gasteiger partial charge in [-0.15, -0.1) is 0 Å². The van der Waals surface area contributed by atoms with Crippen molar-refractivity contribution in [2.45, 2.75) is 45.6 Å². The van der Waals surface area contributed by atoms with E-state index in [-0.39, 0.29) is 11.8 Å². The van der Waals surface area contributed by atoms with E-state index >= 15 is 0 Å². The average Bonchev–Trinajstić information content (AvgIpc) is 3.21. The van der Waals surface area contributed by atoms with E-state index in [9.17, 15) is 4.79 Å². The fourth-order valence-electron chi connectivity index (χ4n) is 4.26. The van der Waals surface area contributed by atoms with Crippen molar-refractivity contribution in [3.63, 3.8) is 0 Å². The van der Waals surface area contributed by atoms with Gasteiger partial charge in [-0.1, -0.05) is 18.2 Å². The molecule has 1 saturated heterocycles. The number of benzene rings is 2. The number of carbonyl (C=O) groups is 1. The molecule has 0 aliphatic carbocycles. The highest BCUT2D eigenvalue weighted by atomic mass is 16.5. The molecule has 3 aromatic rings. The minimum absolute atomic E-state index is 0.173. The van der Waals surface area contributed by atoms with Crippen molar-refractivity contribution in [2.75, 3.05) is 20.2 Å². The van der Waals surface area contributed by atoms with Crippen molar-refractivity contribution in [1.82, 2.24) is 14.5 Å². The lowest BCUT2D eigenvalue weighted by atomic mass is 10.1. The maximum atomic E-state index is 12.0. The zero-order valence-corrected chi connectivity index (χ0v) is 17.5. The van der Waals surface area contributed by atoms with Gasteiger partial charge < -0.3 is 14.2 Å². The molecule has 5 nitrogen and oxygen atoms in total. The number of likely N-dealkylation sites (tertiary alicyclic amines) is 1. The third-order valence-electron chi connectivity index (χ3n) is 5.63. The number of hydrogen-bond acceptors (Lipinski definition) is 3. The summed E-state index contributed by atoms with van der Waals surface area (Å²) >= 11 is 0. The molecule has 152 valence electrons. The van der Waals surface area contributed by atoms with Crippen LogP contribution in [0.4, 0.5) is 0 Å². The van der Waals surface area contributed by atoms with E-state index in [2.05, 4.69) is 54.8 Å². The molecule has 2 aromatic carbocycles. The number of amides is 1. The van der Waals surface area contributed by atoms with Gasteiger partial charge in [0.25, 0.3) is 0 Å². The first kappa shape index (κ1) is 19.5. The molecule has 0 bridgehead atoms. The zero-order chi connectivity index (χ0) is 20.4. The summed E-state index contributed by atoms with van der Waals surface area (Å²) in [5.74, 6) is 2.37. The number of aromatic nitrogens is 2. The van der Waals surface area contributed by atoms with Crippen LogP contribution in [0.15, 0.2) is 42.5 Å². The highest BCUT2D eigenvalue weighted by molar-refractivity contribution is 5.80. The first-order valence-corrected chi connectivity index (χ1v) is 10.4. The van der Waals surface area contributed by atoms with Crippen molar-refractivity contribution in [1.29, 1.82) is 0 Å². The summed E-state index contributed by atoms with van der Waals surface area (Å²) in [5, 5.41) is 0. The van der Waals surface area contributed by atoms with E-state index in [0.29, 0.717) is 13.0 Å². The van der Waals surface area contributed by atoms with Crippen LogP contribution in [0.25, 0.3) is 11.0 Å². The van der Waals surface area contributed by atoms with Crippen LogP contribution >= 0.6 is 0 Å². The molecule has 1 fully saturated rings. The Kier molecular flexibility index (Phi) is 5.56. The Morgan fingerprint density at radius 3 is 2.59 bits per heavy atom. The number of likely N-dealkylation sites (N-methyl/N-ethyl adjacent to an activating group) is 1. The molecular weight excluding hydrogens is 362 g/mol. The van der Waals surface area contributed by atoms with Gasteiger partial charge in [-0.2, -0.15) is 0 Å². The second kappa shape index (κ2) is 8.27. The maximum absolute atomic E-state index is 12.0. The molecule has 1 aliphatic heterocycles. The lowest BCUT2D eigenvalue weighted by Gasteiger charge is -2.14. The number of imidazole rings is 1. The minimum atomic E-state index is 0.173. The number of hydrogen-bond donors (Lipinski definition) is 0. The second-order valence-corrected chi connectivity index (χ2v) is 8.16. The molecule has 1 unspecified atom stereocenters. The monoisotopic (exact) mass is 391 g/mol. The highest BCUT2D eigenvalue weighted by Gasteiger charge is 2.31. The fraction of sp³-hybridized carbons (Fsp3) is 0.417. The normalized spacial score (nSPS) is 16.7. The predicted molar refractivity (Wildman–Crippen MR) is 115 cm³/mol. The largest absolute Gasteiger partial charge is 0.494 e. The van der Waals surface area contributed by atoms with Gasteiger partial charge in [0, 0.05) is 32.5 Å². The van der Waals surface area contributed by atoms with Crippen LogP contribution in [0.2, 0.25) is 0 Å². The number of nitrogens with zero attached hydrogens (tertiary/aromatic N) is 3. The van der Waals surface area contributed by atoms with Gasteiger partial charge in [0.15, 0.2) is 0 Å². The van der Waals surface area contributed by atoms with Crippen LogP contribution in [0.5, 0.6) is 5.75 Å². The summed E-state index contributed by atoms with van der Waals surface area (Å²) in [6.45, 7) is 6.53. The van der Waals surface area contributed by atoms with E-state index in [0.717, 1.165) is 48.5 Å². The Morgan fingerprint density at radius 1 is 1.10 bits per heavy atom. The molecule has 1 amide bonds. The Labute approximate surface area is 172 Å². The maximum Gasteiger partial charge on any atom is 0.223 e. The molecule has 29 heavy (non-hydrogen) atoms. The van der Waals surface area contributed by atoms with Crippen LogP contribution in [0.3, 0.4) is 0 Å². The van der Waals surface area contributed by atoms with Crippen molar-refractivity contribution >= 4 is 16.9 Å². The highest BCUT2D eigenvalue weighted by Crippen LogP contribution is 2.30. The van der Waals surface area contributed by atoms with Gasteiger partial charge in [0.05, 0.1) is 17.6 Å². The van der Waals surface area contributed by atoms with E-state index in [1.54, 1.807) is 0 Å². The molecule has 0 spiro atoms. The number of ether oxygens (including phenoxy) is 1. The van der Waals surface area contributed by atoms with Gasteiger partial charge in [0.1, 0.15) is 11.6 Å². The van der Waals surface area contributed by atoms with Crippen LogP contribution in [0, 0.1) is 13.8 Å². The van der Waals surface area contributed by atoms with Crippen molar-refractivity contribution < 1.29 is 9.53 Å². The van der Waals surface area contributed by atoms with Crippen molar-refractivity contribution in [3.8, 4) is 5.75 Å². The summed E-state index contributed by atoms with van der Waals surface area (Å²) in [6.07, 6.45) is 2.53. The molecule has 0 N–H and O–H groups in total. The second-order valence-electron chi connectivity index (χ2n) is 8.16. The van der Waals surface area contributed by atoms with Gasteiger partial charge >= 0.3 is 0 Å². The summed E-state index contributed by atoms with van der Waals surface area (Å²) < 4.78 is 8.27. The quantitative estimate of drug-likeness (QED) is 0.559. The van der Waals surface area contributed by atoms with E-state index in [1.807, 2.05) is 18.0 Å². The first-order chi connectivity index (χ1) is 14.0. The Hall–Kier alpha value is -2.82.